The molecule has 7 heteroatoms. The number of aromatic nitrogens is 1. The summed E-state index contributed by atoms with van der Waals surface area (Å²) >= 11 is 0. The van der Waals surface area contributed by atoms with Crippen molar-refractivity contribution in [3.8, 4) is 0 Å². The summed E-state index contributed by atoms with van der Waals surface area (Å²) in [6.45, 7) is 5.01. The van der Waals surface area contributed by atoms with E-state index in [0.29, 0.717) is 18.8 Å². The van der Waals surface area contributed by atoms with Crippen molar-refractivity contribution in [2.24, 2.45) is 0 Å². The molecule has 0 fully saturated rings. The molecule has 1 aromatic rings. The fraction of sp³-hybridized carbons (Fsp3) is 0.583. The average Bonchev–Trinajstić information content (AvgIpc) is 2.37. The monoisotopic (exact) mass is 287 g/mol. The molecule has 2 N–H and O–H groups in total. The number of rotatable bonds is 8. The van der Waals surface area contributed by atoms with Gasteiger partial charge in [0.15, 0.2) is 0 Å². The van der Waals surface area contributed by atoms with E-state index in [1.165, 1.54) is 12.3 Å². The van der Waals surface area contributed by atoms with E-state index in [1.807, 2.05) is 6.92 Å². The third kappa shape index (κ3) is 5.14. The molecular weight excluding hydrogens is 266 g/mol. The van der Waals surface area contributed by atoms with E-state index in [0.717, 1.165) is 6.54 Å². The van der Waals surface area contributed by atoms with Crippen LogP contribution in [-0.2, 0) is 14.8 Å². The first kappa shape index (κ1) is 15.9. The van der Waals surface area contributed by atoms with E-state index < -0.39 is 10.0 Å². The molecule has 1 unspecified atom stereocenters. The van der Waals surface area contributed by atoms with Crippen LogP contribution in [0, 0.1) is 0 Å². The minimum atomic E-state index is -3.52. The van der Waals surface area contributed by atoms with Crippen LogP contribution in [0.1, 0.15) is 20.3 Å². The maximum atomic E-state index is 12.1. The van der Waals surface area contributed by atoms with Crippen LogP contribution in [0.15, 0.2) is 23.2 Å². The number of nitrogens with one attached hydrogen (secondary N) is 2. The van der Waals surface area contributed by atoms with Crippen LogP contribution in [-0.4, -0.2) is 39.7 Å². The molecule has 1 rings (SSSR count). The predicted molar refractivity (Wildman–Crippen MR) is 74.7 cm³/mol. The van der Waals surface area contributed by atoms with Gasteiger partial charge in [-0.1, -0.05) is 0 Å². The highest BCUT2D eigenvalue weighted by Crippen LogP contribution is 2.11. The number of methoxy groups -OCH3 is 1. The maximum Gasteiger partial charge on any atom is 0.242 e. The first-order chi connectivity index (χ1) is 8.99. The van der Waals surface area contributed by atoms with Crippen molar-refractivity contribution in [3.05, 3.63) is 18.3 Å². The molecule has 0 bridgehead atoms. The van der Waals surface area contributed by atoms with Gasteiger partial charge in [-0.15, -0.1) is 0 Å². The van der Waals surface area contributed by atoms with Gasteiger partial charge in [-0.05, 0) is 32.4 Å². The molecule has 6 nitrogen and oxygen atoms in total. The van der Waals surface area contributed by atoms with Crippen molar-refractivity contribution < 1.29 is 13.2 Å². The molecule has 19 heavy (non-hydrogen) atoms. The van der Waals surface area contributed by atoms with Gasteiger partial charge in [-0.25, -0.2) is 18.1 Å². The summed E-state index contributed by atoms with van der Waals surface area (Å²) in [7, 11) is -1.93. The lowest BCUT2D eigenvalue weighted by atomic mass is 10.3. The van der Waals surface area contributed by atoms with Gasteiger partial charge in [0.2, 0.25) is 10.0 Å². The Morgan fingerprint density at radius 1 is 1.42 bits per heavy atom. The molecular formula is C12H21N3O3S. The van der Waals surface area contributed by atoms with Gasteiger partial charge in [-0.2, -0.15) is 0 Å². The van der Waals surface area contributed by atoms with Crippen LogP contribution in [0.25, 0.3) is 0 Å². The fourth-order valence-corrected chi connectivity index (χ4v) is 2.73. The lowest BCUT2D eigenvalue weighted by Gasteiger charge is -2.13. The first-order valence-electron chi connectivity index (χ1n) is 6.20. The van der Waals surface area contributed by atoms with E-state index in [2.05, 4.69) is 15.0 Å². The second kappa shape index (κ2) is 7.42. The zero-order valence-electron chi connectivity index (χ0n) is 11.5. The zero-order chi connectivity index (χ0) is 14.3. The topological polar surface area (TPSA) is 80.3 Å². The number of anilines is 1. The molecule has 108 valence electrons. The Morgan fingerprint density at radius 3 is 2.68 bits per heavy atom. The number of sulfonamides is 1. The van der Waals surface area contributed by atoms with Gasteiger partial charge < -0.3 is 10.1 Å². The van der Waals surface area contributed by atoms with Crippen LogP contribution >= 0.6 is 0 Å². The van der Waals surface area contributed by atoms with Crippen molar-refractivity contribution in [3.63, 3.8) is 0 Å². The Balaban J connectivity index is 2.71. The summed E-state index contributed by atoms with van der Waals surface area (Å²) in [5.74, 6) is 0.661. The van der Waals surface area contributed by atoms with Crippen LogP contribution in [0.5, 0.6) is 0 Å². The van der Waals surface area contributed by atoms with Gasteiger partial charge in [0.25, 0.3) is 0 Å². The summed E-state index contributed by atoms with van der Waals surface area (Å²) in [6, 6.07) is 3.01. The van der Waals surface area contributed by atoms with Crippen molar-refractivity contribution in [1.29, 1.82) is 0 Å². The highest BCUT2D eigenvalue weighted by atomic mass is 32.2. The van der Waals surface area contributed by atoms with Crippen LogP contribution in [0.3, 0.4) is 0 Å². The van der Waals surface area contributed by atoms with Crippen molar-refractivity contribution in [2.75, 3.05) is 25.6 Å². The van der Waals surface area contributed by atoms with Gasteiger partial charge in [0, 0.05) is 32.5 Å². The minimum absolute atomic E-state index is 0.165. The van der Waals surface area contributed by atoms with E-state index in [1.54, 1.807) is 20.1 Å². The fourth-order valence-electron chi connectivity index (χ4n) is 1.51. The third-order valence-electron chi connectivity index (χ3n) is 2.52. The van der Waals surface area contributed by atoms with Crippen LogP contribution in [0.4, 0.5) is 5.82 Å². The average molecular weight is 287 g/mol. The Bertz CT molecular complexity index is 473. The Morgan fingerprint density at radius 2 is 2.16 bits per heavy atom. The SMILES string of the molecule is CCNc1ccc(S(=O)(=O)NC(C)CCOC)cn1. The molecule has 0 aromatic carbocycles. The second-order valence-electron chi connectivity index (χ2n) is 4.21. The largest absolute Gasteiger partial charge is 0.385 e. The quantitative estimate of drug-likeness (QED) is 0.751. The number of nitrogens with zero attached hydrogens (tertiary/aromatic N) is 1. The highest BCUT2D eigenvalue weighted by Gasteiger charge is 2.17. The summed E-state index contributed by atoms with van der Waals surface area (Å²) < 4.78 is 31.6. The van der Waals surface area contributed by atoms with E-state index in [9.17, 15) is 8.42 Å². The van der Waals surface area contributed by atoms with Gasteiger partial charge in [0.05, 0.1) is 0 Å². The highest BCUT2D eigenvalue weighted by molar-refractivity contribution is 7.89. The Kier molecular flexibility index (Phi) is 6.20. The summed E-state index contributed by atoms with van der Waals surface area (Å²) in [5, 5.41) is 3.01. The first-order valence-corrected chi connectivity index (χ1v) is 7.69. The lowest BCUT2D eigenvalue weighted by molar-refractivity contribution is 0.188. The van der Waals surface area contributed by atoms with E-state index in [-0.39, 0.29) is 10.9 Å². The standard InChI is InChI=1S/C12H21N3O3S/c1-4-13-12-6-5-11(9-14-12)19(16,17)15-10(2)7-8-18-3/h5-6,9-10,15H,4,7-8H2,1-3H3,(H,13,14). The summed E-state index contributed by atoms with van der Waals surface area (Å²) in [5.41, 5.74) is 0. The smallest absolute Gasteiger partial charge is 0.242 e. The van der Waals surface area contributed by atoms with Gasteiger partial charge in [-0.3, -0.25) is 0 Å². The molecule has 0 spiro atoms. The van der Waals surface area contributed by atoms with Crippen molar-refractivity contribution in [1.82, 2.24) is 9.71 Å². The summed E-state index contributed by atoms with van der Waals surface area (Å²) in [6.07, 6.45) is 1.97. The third-order valence-corrected chi connectivity index (χ3v) is 4.09. The summed E-state index contributed by atoms with van der Waals surface area (Å²) in [4.78, 5) is 4.21. The number of pyridine rings is 1. The predicted octanol–water partition coefficient (Wildman–Crippen LogP) is 1.22. The molecule has 1 atom stereocenters. The molecule has 0 amide bonds. The Hall–Kier alpha value is -1.18. The normalized spacial score (nSPS) is 13.2. The van der Waals surface area contributed by atoms with Gasteiger partial charge in [0.1, 0.15) is 10.7 Å². The molecule has 0 saturated carbocycles. The van der Waals surface area contributed by atoms with E-state index >= 15 is 0 Å². The van der Waals surface area contributed by atoms with Crippen LogP contribution in [0.2, 0.25) is 0 Å². The lowest BCUT2D eigenvalue weighted by Crippen LogP contribution is -2.33. The molecule has 1 aromatic heterocycles. The maximum absolute atomic E-state index is 12.1. The molecule has 0 aliphatic rings. The number of hydrogen-bond acceptors (Lipinski definition) is 5. The van der Waals surface area contributed by atoms with Gasteiger partial charge >= 0.3 is 0 Å². The minimum Gasteiger partial charge on any atom is -0.385 e. The van der Waals surface area contributed by atoms with E-state index in [4.69, 9.17) is 4.74 Å². The molecule has 1 heterocycles. The molecule has 0 aliphatic carbocycles. The zero-order valence-corrected chi connectivity index (χ0v) is 12.3. The van der Waals surface area contributed by atoms with Crippen molar-refractivity contribution in [2.45, 2.75) is 31.2 Å². The molecule has 0 saturated heterocycles. The number of hydrogen-bond donors (Lipinski definition) is 2. The Labute approximate surface area is 114 Å². The van der Waals surface area contributed by atoms with Crippen LogP contribution < -0.4 is 10.0 Å². The molecule has 0 aliphatic heterocycles. The molecule has 0 radical (unpaired) electrons. The second-order valence-corrected chi connectivity index (χ2v) is 5.93. The van der Waals surface area contributed by atoms with Crippen molar-refractivity contribution >= 4 is 15.8 Å². The number of ether oxygens (including phenoxy) is 1.